The fourth-order valence-corrected chi connectivity index (χ4v) is 3.25. The molecule has 0 spiro atoms. The molecule has 0 radical (unpaired) electrons. The van der Waals surface area contributed by atoms with Crippen molar-refractivity contribution in [3.05, 3.63) is 29.8 Å². The molecular formula is C12H23N2O2S+. The van der Waals surface area contributed by atoms with E-state index in [4.69, 9.17) is 5.14 Å². The molecule has 0 aliphatic heterocycles. The summed E-state index contributed by atoms with van der Waals surface area (Å²) in [5, 5.41) is 5.74. The Hall–Kier alpha value is -0.750. The van der Waals surface area contributed by atoms with Gasteiger partial charge in [-0.25, -0.2) is 5.14 Å². The van der Waals surface area contributed by atoms with E-state index in [1.165, 1.54) is 0 Å². The van der Waals surface area contributed by atoms with E-state index >= 15 is 0 Å². The number of benzene rings is 1. The first-order valence-corrected chi connectivity index (χ1v) is 7.71. The minimum Gasteiger partial charge on any atom is -0.330 e. The molecular weight excluding hydrogens is 236 g/mol. The van der Waals surface area contributed by atoms with E-state index in [-0.39, 0.29) is 5.75 Å². The fraction of sp³-hybridized carbons (Fsp3) is 0.500. The first-order valence-electron chi connectivity index (χ1n) is 5.56. The molecule has 1 aromatic carbocycles. The topological polar surface area (TPSA) is 63.3 Å². The van der Waals surface area contributed by atoms with E-state index in [1.54, 1.807) is 24.3 Å². The quantitative estimate of drug-likeness (QED) is 0.799. The van der Waals surface area contributed by atoms with Crippen molar-refractivity contribution in [1.82, 2.24) is 0 Å². The Kier molecular flexibility index (Phi) is 3.51. The number of hydrogen-bond acceptors (Lipinski definition) is 1. The lowest BCUT2D eigenvalue weighted by Crippen LogP contribution is -2.51. The van der Waals surface area contributed by atoms with Crippen molar-refractivity contribution in [3.8, 4) is 0 Å². The van der Waals surface area contributed by atoms with Crippen LogP contribution >= 0.6 is 0 Å². The Morgan fingerprint density at radius 2 is 1.71 bits per heavy atom. The van der Waals surface area contributed by atoms with Crippen LogP contribution in [0.3, 0.4) is 0 Å². The maximum atomic E-state index is 12.5. The van der Waals surface area contributed by atoms with E-state index in [9.17, 15) is 8.76 Å². The number of aryl methyl sites for hydroxylation is 1. The standard InChI is InChI=1S/C12H22N2O2S/c1-11-5-7-12(8-6-11)17(13,15,16)10-9-14(2,3)4/h5-8H,9-10H2,1-4H3,(H2-,13,15,16)/p+1. The second-order valence-corrected chi connectivity index (χ2v) is 8.79. The third kappa shape index (κ3) is 4.20. The average Bonchev–Trinajstić information content (AvgIpc) is 2.14. The van der Waals surface area contributed by atoms with Crippen LogP contribution in [0.1, 0.15) is 5.56 Å². The zero-order chi connectivity index (χ0) is 13.3. The lowest BCUT2D eigenvalue weighted by Gasteiger charge is -2.40. The molecule has 1 rings (SSSR count). The number of nitrogens with zero attached hydrogens (tertiary/aromatic N) is 1. The fourth-order valence-electron chi connectivity index (χ4n) is 1.40. The van der Waals surface area contributed by atoms with Crippen LogP contribution in [-0.2, 0) is 9.53 Å². The van der Waals surface area contributed by atoms with E-state index in [0.717, 1.165) is 5.56 Å². The van der Waals surface area contributed by atoms with Gasteiger partial charge < -0.3 is 4.48 Å². The zero-order valence-electron chi connectivity index (χ0n) is 11.0. The Bertz CT molecular complexity index is 454. The molecule has 0 heterocycles. The molecule has 0 aliphatic carbocycles. The summed E-state index contributed by atoms with van der Waals surface area (Å²) in [6.07, 6.45) is 0. The van der Waals surface area contributed by atoms with Crippen LogP contribution in [0, 0.1) is 6.92 Å². The highest BCUT2D eigenvalue weighted by Gasteiger charge is 2.27. The lowest BCUT2D eigenvalue weighted by molar-refractivity contribution is -0.867. The summed E-state index contributed by atoms with van der Waals surface area (Å²) in [4.78, 5) is 0.320. The molecule has 0 amide bonds. The molecule has 0 saturated heterocycles. The van der Waals surface area contributed by atoms with Crippen molar-refractivity contribution in [1.29, 1.82) is 0 Å². The first kappa shape index (κ1) is 14.3. The summed E-state index contributed by atoms with van der Waals surface area (Å²) < 4.78 is 23.3. The average molecular weight is 259 g/mol. The molecule has 0 saturated carbocycles. The van der Waals surface area contributed by atoms with E-state index in [1.807, 2.05) is 28.1 Å². The van der Waals surface area contributed by atoms with Crippen LogP contribution in [0.5, 0.6) is 0 Å². The van der Waals surface area contributed by atoms with Crippen molar-refractivity contribution in [3.63, 3.8) is 0 Å². The van der Waals surface area contributed by atoms with Gasteiger partial charge in [0, 0.05) is 0 Å². The molecule has 0 aromatic heterocycles. The van der Waals surface area contributed by atoms with Crippen LogP contribution in [0.15, 0.2) is 29.2 Å². The summed E-state index contributed by atoms with van der Waals surface area (Å²) >= 11 is 0. The Balaban J connectivity index is 2.99. The second kappa shape index (κ2) is 4.17. The van der Waals surface area contributed by atoms with Gasteiger partial charge in [-0.3, -0.25) is 4.55 Å². The molecule has 98 valence electrons. The first-order chi connectivity index (χ1) is 7.48. The van der Waals surface area contributed by atoms with Crippen molar-refractivity contribution in [2.24, 2.45) is 5.14 Å². The van der Waals surface area contributed by atoms with Gasteiger partial charge in [0.25, 0.3) is 0 Å². The van der Waals surface area contributed by atoms with Crippen LogP contribution in [0.4, 0.5) is 0 Å². The molecule has 17 heavy (non-hydrogen) atoms. The number of quaternary nitrogens is 1. The highest BCUT2D eigenvalue weighted by Crippen LogP contribution is 2.26. The summed E-state index contributed by atoms with van der Waals surface area (Å²) in [5.74, 6) is 0.0732. The number of rotatable bonds is 4. The van der Waals surface area contributed by atoms with Gasteiger partial charge in [0.05, 0.1) is 32.6 Å². The third-order valence-electron chi connectivity index (χ3n) is 2.68. The van der Waals surface area contributed by atoms with Gasteiger partial charge in [-0.1, -0.05) is 17.7 Å². The highest BCUT2D eigenvalue weighted by molar-refractivity contribution is 8.13. The molecule has 0 atom stereocenters. The zero-order valence-corrected chi connectivity index (χ0v) is 11.8. The molecule has 0 fully saturated rings. The lowest BCUT2D eigenvalue weighted by atomic mass is 10.2. The van der Waals surface area contributed by atoms with Gasteiger partial charge in [-0.15, -0.1) is 9.53 Å². The maximum Gasteiger partial charge on any atom is 0.101 e. The summed E-state index contributed by atoms with van der Waals surface area (Å²) in [5.41, 5.74) is 1.04. The number of hydrogen-bond donors (Lipinski definition) is 2. The SMILES string of the molecule is Cc1ccc(S(N)(=O)(O)CC[N+](C)(C)C)cc1. The van der Waals surface area contributed by atoms with Crippen molar-refractivity contribution in [2.75, 3.05) is 33.4 Å². The van der Waals surface area contributed by atoms with Crippen LogP contribution in [0.2, 0.25) is 0 Å². The minimum absolute atomic E-state index is 0.0732. The van der Waals surface area contributed by atoms with Crippen molar-refractivity contribution >= 4 is 9.53 Å². The maximum absolute atomic E-state index is 12.5. The largest absolute Gasteiger partial charge is 0.330 e. The molecule has 4 nitrogen and oxygen atoms in total. The number of nitrogens with two attached hydrogens (primary N) is 1. The van der Waals surface area contributed by atoms with E-state index in [2.05, 4.69) is 0 Å². The van der Waals surface area contributed by atoms with Gasteiger partial charge in [-0.05, 0) is 19.1 Å². The Morgan fingerprint density at radius 1 is 1.24 bits per heavy atom. The smallest absolute Gasteiger partial charge is 0.101 e. The van der Waals surface area contributed by atoms with Crippen molar-refractivity contribution < 1.29 is 13.2 Å². The van der Waals surface area contributed by atoms with E-state index in [0.29, 0.717) is 15.9 Å². The Morgan fingerprint density at radius 3 is 2.12 bits per heavy atom. The predicted octanol–water partition coefficient (Wildman–Crippen LogP) is 1.23. The third-order valence-corrected chi connectivity index (χ3v) is 4.93. The van der Waals surface area contributed by atoms with E-state index < -0.39 is 9.53 Å². The van der Waals surface area contributed by atoms with Crippen LogP contribution in [0.25, 0.3) is 0 Å². The summed E-state index contributed by atoms with van der Waals surface area (Å²) in [6, 6.07) is 6.88. The predicted molar refractivity (Wildman–Crippen MR) is 72.2 cm³/mol. The molecule has 3 N–H and O–H groups in total. The normalized spacial score (nSPS) is 15.3. The summed E-state index contributed by atoms with van der Waals surface area (Å²) in [7, 11) is 1.72. The monoisotopic (exact) mass is 259 g/mol. The molecule has 0 unspecified atom stereocenters. The minimum atomic E-state index is -4.19. The van der Waals surface area contributed by atoms with Gasteiger partial charge >= 0.3 is 0 Å². The van der Waals surface area contributed by atoms with Crippen LogP contribution < -0.4 is 5.14 Å². The molecule has 0 aliphatic rings. The van der Waals surface area contributed by atoms with Gasteiger partial charge in [0.15, 0.2) is 0 Å². The Labute approximate surface area is 103 Å². The molecule has 0 bridgehead atoms. The van der Waals surface area contributed by atoms with Gasteiger partial charge in [0.1, 0.15) is 5.75 Å². The molecule has 1 aromatic rings. The van der Waals surface area contributed by atoms with Gasteiger partial charge in [-0.2, -0.15) is 4.21 Å². The summed E-state index contributed by atoms with van der Waals surface area (Å²) in [6.45, 7) is 2.48. The second-order valence-electron chi connectivity index (χ2n) is 5.66. The highest BCUT2D eigenvalue weighted by atomic mass is 32.3. The van der Waals surface area contributed by atoms with Crippen LogP contribution in [-0.4, -0.2) is 46.7 Å². The molecule has 5 heteroatoms. The van der Waals surface area contributed by atoms with Crippen molar-refractivity contribution in [2.45, 2.75) is 11.8 Å². The van der Waals surface area contributed by atoms with Gasteiger partial charge in [0.2, 0.25) is 0 Å².